The van der Waals surface area contributed by atoms with E-state index in [1.807, 2.05) is 0 Å². The third-order valence-corrected chi connectivity index (χ3v) is 4.80. The van der Waals surface area contributed by atoms with Gasteiger partial charge in [-0.05, 0) is 48.0 Å². The zero-order chi connectivity index (χ0) is 18.8. The third kappa shape index (κ3) is 3.68. The van der Waals surface area contributed by atoms with Crippen LogP contribution in [0.25, 0.3) is 6.08 Å². The van der Waals surface area contributed by atoms with Crippen LogP contribution in [0.3, 0.4) is 0 Å². The fourth-order valence-corrected chi connectivity index (χ4v) is 3.20. The summed E-state index contributed by atoms with van der Waals surface area (Å²) in [7, 11) is 0. The number of hydrogen-bond donors (Lipinski definition) is 0. The molecule has 27 heavy (non-hydrogen) atoms. The normalized spacial score (nSPS) is 14.1. The number of ether oxygens (including phenoxy) is 2. The van der Waals surface area contributed by atoms with E-state index in [1.54, 1.807) is 67.0 Å². The first kappa shape index (κ1) is 17.6. The molecule has 0 saturated carbocycles. The second-order valence-corrected chi connectivity index (χ2v) is 6.68. The highest BCUT2D eigenvalue weighted by atomic mass is 35.5. The van der Waals surface area contributed by atoms with Crippen LogP contribution < -0.4 is 9.47 Å². The van der Waals surface area contributed by atoms with Crippen LogP contribution >= 0.6 is 23.2 Å². The average molecular weight is 398 g/mol. The Morgan fingerprint density at radius 3 is 2.52 bits per heavy atom. The Kier molecular flexibility index (Phi) is 4.84. The van der Waals surface area contributed by atoms with E-state index in [0.29, 0.717) is 32.7 Å². The van der Waals surface area contributed by atoms with E-state index < -0.39 is 0 Å². The van der Waals surface area contributed by atoms with Crippen LogP contribution in [-0.2, 0) is 6.61 Å². The highest BCUT2D eigenvalue weighted by Gasteiger charge is 2.27. The van der Waals surface area contributed by atoms with Crippen molar-refractivity contribution in [2.24, 2.45) is 0 Å². The number of hydrogen-bond acceptors (Lipinski definition) is 4. The average Bonchev–Trinajstić information content (AvgIpc) is 2.97. The largest absolute Gasteiger partial charge is 0.489 e. The van der Waals surface area contributed by atoms with Crippen molar-refractivity contribution in [3.8, 4) is 11.5 Å². The number of allylic oxidation sites excluding steroid dienone is 1. The summed E-state index contributed by atoms with van der Waals surface area (Å²) in [5.74, 6) is 1.12. The molecule has 2 heterocycles. The van der Waals surface area contributed by atoms with Crippen molar-refractivity contribution in [2.75, 3.05) is 0 Å². The summed E-state index contributed by atoms with van der Waals surface area (Å²) < 4.78 is 11.5. The van der Waals surface area contributed by atoms with E-state index in [4.69, 9.17) is 32.7 Å². The molecule has 1 aliphatic heterocycles. The smallest absolute Gasteiger partial charge is 0.231 e. The highest BCUT2D eigenvalue weighted by molar-refractivity contribution is 6.35. The van der Waals surface area contributed by atoms with E-state index in [0.717, 1.165) is 5.56 Å². The number of carbonyl (C=O) groups is 1. The molecule has 0 aliphatic carbocycles. The molecule has 4 nitrogen and oxygen atoms in total. The number of Topliss-reactive ketones (excluding diaryl/α,β-unsaturated/α-hetero) is 1. The molecule has 2 aromatic carbocycles. The monoisotopic (exact) mass is 397 g/mol. The molecule has 0 atom stereocenters. The lowest BCUT2D eigenvalue weighted by Gasteiger charge is -2.10. The van der Waals surface area contributed by atoms with E-state index in [9.17, 15) is 4.79 Å². The van der Waals surface area contributed by atoms with Crippen molar-refractivity contribution in [2.45, 2.75) is 6.61 Å². The van der Waals surface area contributed by atoms with Gasteiger partial charge in [-0.25, -0.2) is 0 Å². The zero-order valence-corrected chi connectivity index (χ0v) is 15.5. The van der Waals surface area contributed by atoms with Crippen LogP contribution in [0.5, 0.6) is 11.5 Å². The van der Waals surface area contributed by atoms with Crippen molar-refractivity contribution in [3.63, 3.8) is 0 Å². The maximum Gasteiger partial charge on any atom is 0.231 e. The van der Waals surface area contributed by atoms with Gasteiger partial charge in [-0.2, -0.15) is 0 Å². The second-order valence-electron chi connectivity index (χ2n) is 5.87. The summed E-state index contributed by atoms with van der Waals surface area (Å²) >= 11 is 12.3. The van der Waals surface area contributed by atoms with E-state index in [2.05, 4.69) is 4.98 Å². The molecule has 1 aliphatic rings. The molecule has 0 unspecified atom stereocenters. The van der Waals surface area contributed by atoms with Crippen LogP contribution in [0.15, 0.2) is 66.7 Å². The number of aromatic nitrogens is 1. The van der Waals surface area contributed by atoms with Gasteiger partial charge >= 0.3 is 0 Å². The summed E-state index contributed by atoms with van der Waals surface area (Å²) in [6, 6.07) is 14.0. The molecule has 6 heteroatoms. The Labute approximate surface area is 166 Å². The minimum Gasteiger partial charge on any atom is -0.489 e. The van der Waals surface area contributed by atoms with Gasteiger partial charge in [0.15, 0.2) is 5.76 Å². The standard InChI is InChI=1S/C21H13Cl2NO3/c22-17-2-1-3-18(23)16(17)12-26-14-4-5-15-19(11-14)27-20(21(15)25)10-13-6-8-24-9-7-13/h1-11H,12H2. The van der Waals surface area contributed by atoms with Crippen LogP contribution in [0.1, 0.15) is 21.5 Å². The quantitative estimate of drug-likeness (QED) is 0.538. The molecule has 3 aromatic rings. The molecule has 0 N–H and O–H groups in total. The van der Waals surface area contributed by atoms with E-state index in [1.165, 1.54) is 0 Å². The number of benzene rings is 2. The van der Waals surface area contributed by atoms with Gasteiger partial charge in [0, 0.05) is 34.1 Å². The van der Waals surface area contributed by atoms with E-state index >= 15 is 0 Å². The fraction of sp³-hybridized carbons (Fsp3) is 0.0476. The molecule has 0 saturated heterocycles. The lowest BCUT2D eigenvalue weighted by molar-refractivity contribution is 0.101. The van der Waals surface area contributed by atoms with Crippen LogP contribution in [0.2, 0.25) is 10.0 Å². The van der Waals surface area contributed by atoms with Crippen LogP contribution in [0.4, 0.5) is 0 Å². The van der Waals surface area contributed by atoms with E-state index in [-0.39, 0.29) is 18.1 Å². The minimum atomic E-state index is -0.164. The van der Waals surface area contributed by atoms with Gasteiger partial charge in [-0.1, -0.05) is 29.3 Å². The van der Waals surface area contributed by atoms with Crippen LogP contribution in [-0.4, -0.2) is 10.8 Å². The molecule has 0 radical (unpaired) electrons. The molecule has 134 valence electrons. The van der Waals surface area contributed by atoms with Gasteiger partial charge < -0.3 is 9.47 Å². The third-order valence-electron chi connectivity index (χ3n) is 4.09. The zero-order valence-electron chi connectivity index (χ0n) is 14.0. The first-order valence-corrected chi connectivity index (χ1v) is 8.91. The summed E-state index contributed by atoms with van der Waals surface area (Å²) in [5.41, 5.74) is 2.04. The SMILES string of the molecule is O=C1C(=Cc2ccncc2)Oc2cc(OCc3c(Cl)cccc3Cl)ccc21. The summed E-state index contributed by atoms with van der Waals surface area (Å²) in [4.78, 5) is 16.5. The molecule has 4 rings (SSSR count). The number of carbonyl (C=O) groups excluding carboxylic acids is 1. The molecular weight excluding hydrogens is 385 g/mol. The molecule has 1 aromatic heterocycles. The van der Waals surface area contributed by atoms with Crippen molar-refractivity contribution < 1.29 is 14.3 Å². The summed E-state index contributed by atoms with van der Waals surface area (Å²) in [6.07, 6.45) is 5.00. The number of fused-ring (bicyclic) bond motifs is 1. The first-order valence-electron chi connectivity index (χ1n) is 8.16. The summed E-state index contributed by atoms with van der Waals surface area (Å²) in [6.45, 7) is 0.213. The number of ketones is 1. The van der Waals surface area contributed by atoms with Crippen molar-refractivity contribution in [3.05, 3.63) is 93.4 Å². The second kappa shape index (κ2) is 7.43. The maximum absolute atomic E-state index is 12.5. The highest BCUT2D eigenvalue weighted by Crippen LogP contribution is 2.35. The van der Waals surface area contributed by atoms with Gasteiger partial charge in [0.05, 0.1) is 5.56 Å². The maximum atomic E-state index is 12.5. The van der Waals surface area contributed by atoms with Crippen molar-refractivity contribution in [1.29, 1.82) is 0 Å². The molecule has 0 bridgehead atoms. The Balaban J connectivity index is 1.54. The minimum absolute atomic E-state index is 0.164. The lowest BCUT2D eigenvalue weighted by atomic mass is 10.1. The van der Waals surface area contributed by atoms with Crippen molar-refractivity contribution >= 4 is 35.1 Å². The van der Waals surface area contributed by atoms with Gasteiger partial charge in [-0.15, -0.1) is 0 Å². The predicted molar refractivity (Wildman–Crippen MR) is 104 cm³/mol. The predicted octanol–water partition coefficient (Wildman–Crippen LogP) is 5.58. The van der Waals surface area contributed by atoms with Gasteiger partial charge in [0.25, 0.3) is 0 Å². The Morgan fingerprint density at radius 2 is 1.78 bits per heavy atom. The summed E-state index contributed by atoms with van der Waals surface area (Å²) in [5, 5.41) is 1.08. The Bertz CT molecular complexity index is 1030. The number of pyridine rings is 1. The molecule has 0 amide bonds. The first-order chi connectivity index (χ1) is 13.1. The molecule has 0 fully saturated rings. The molecular formula is C21H13Cl2NO3. The van der Waals surface area contributed by atoms with Crippen LogP contribution in [0, 0.1) is 0 Å². The number of nitrogens with zero attached hydrogens (tertiary/aromatic N) is 1. The van der Waals surface area contributed by atoms with Gasteiger partial charge in [0.1, 0.15) is 18.1 Å². The number of rotatable bonds is 4. The lowest BCUT2D eigenvalue weighted by Crippen LogP contribution is -1.98. The Morgan fingerprint density at radius 1 is 1.04 bits per heavy atom. The van der Waals surface area contributed by atoms with Crippen molar-refractivity contribution in [1.82, 2.24) is 4.98 Å². The van der Waals surface area contributed by atoms with Gasteiger partial charge in [-0.3, -0.25) is 9.78 Å². The fourth-order valence-electron chi connectivity index (χ4n) is 2.69. The number of halogens is 2. The topological polar surface area (TPSA) is 48.4 Å². The molecule has 0 spiro atoms. The Hall–Kier alpha value is -2.82. The van der Waals surface area contributed by atoms with Gasteiger partial charge in [0.2, 0.25) is 5.78 Å².